The zero-order valence-electron chi connectivity index (χ0n) is 11.0. The van der Waals surface area contributed by atoms with Crippen LogP contribution in [-0.4, -0.2) is 12.5 Å². The van der Waals surface area contributed by atoms with Gasteiger partial charge in [-0.05, 0) is 31.4 Å². The molecule has 0 saturated heterocycles. The second-order valence-electron chi connectivity index (χ2n) is 5.09. The summed E-state index contributed by atoms with van der Waals surface area (Å²) < 4.78 is 18.7. The van der Waals surface area contributed by atoms with E-state index >= 15 is 0 Å². The quantitative estimate of drug-likeness (QED) is 0.851. The van der Waals surface area contributed by atoms with Gasteiger partial charge in [-0.1, -0.05) is 31.0 Å². The molecule has 3 nitrogen and oxygen atoms in total. The van der Waals surface area contributed by atoms with Crippen LogP contribution < -0.4 is 5.73 Å². The molecule has 0 bridgehead atoms. The number of halogens is 1. The third-order valence-electron chi connectivity index (χ3n) is 3.84. The minimum Gasteiger partial charge on any atom is -0.460 e. The summed E-state index contributed by atoms with van der Waals surface area (Å²) in [5.41, 5.74) is 6.11. The molecule has 0 radical (unpaired) electrons. The third-order valence-corrected chi connectivity index (χ3v) is 3.84. The SMILES string of the molecule is NCC1CCCCC1C(=O)OCc1ccccc1F. The number of hydrogen-bond donors (Lipinski definition) is 1. The van der Waals surface area contributed by atoms with Crippen LogP contribution in [0.25, 0.3) is 0 Å². The maximum absolute atomic E-state index is 13.4. The van der Waals surface area contributed by atoms with E-state index in [9.17, 15) is 9.18 Å². The van der Waals surface area contributed by atoms with Crippen LogP contribution in [0.3, 0.4) is 0 Å². The Morgan fingerprint density at radius 2 is 2.05 bits per heavy atom. The molecule has 1 aliphatic rings. The van der Waals surface area contributed by atoms with Gasteiger partial charge in [-0.25, -0.2) is 4.39 Å². The molecule has 2 unspecified atom stereocenters. The molecule has 0 spiro atoms. The van der Waals surface area contributed by atoms with Crippen LogP contribution >= 0.6 is 0 Å². The Labute approximate surface area is 112 Å². The van der Waals surface area contributed by atoms with Gasteiger partial charge >= 0.3 is 5.97 Å². The van der Waals surface area contributed by atoms with E-state index in [-0.39, 0.29) is 30.2 Å². The summed E-state index contributed by atoms with van der Waals surface area (Å²) >= 11 is 0. The van der Waals surface area contributed by atoms with Crippen LogP contribution in [-0.2, 0) is 16.1 Å². The van der Waals surface area contributed by atoms with E-state index in [0.29, 0.717) is 12.1 Å². The molecule has 4 heteroatoms. The van der Waals surface area contributed by atoms with Gasteiger partial charge in [0.15, 0.2) is 0 Å². The van der Waals surface area contributed by atoms with Crippen molar-refractivity contribution in [3.8, 4) is 0 Å². The van der Waals surface area contributed by atoms with Gasteiger partial charge < -0.3 is 10.5 Å². The smallest absolute Gasteiger partial charge is 0.309 e. The van der Waals surface area contributed by atoms with Crippen molar-refractivity contribution in [3.05, 3.63) is 35.6 Å². The minimum atomic E-state index is -0.339. The summed E-state index contributed by atoms with van der Waals surface area (Å²) in [6.45, 7) is 0.513. The van der Waals surface area contributed by atoms with Crippen molar-refractivity contribution in [2.45, 2.75) is 32.3 Å². The van der Waals surface area contributed by atoms with Gasteiger partial charge in [-0.15, -0.1) is 0 Å². The zero-order chi connectivity index (χ0) is 13.7. The summed E-state index contributed by atoms with van der Waals surface area (Å²) in [5, 5.41) is 0. The van der Waals surface area contributed by atoms with Crippen molar-refractivity contribution in [3.63, 3.8) is 0 Å². The van der Waals surface area contributed by atoms with Crippen molar-refractivity contribution < 1.29 is 13.9 Å². The topological polar surface area (TPSA) is 52.3 Å². The largest absolute Gasteiger partial charge is 0.460 e. The molecule has 0 aliphatic heterocycles. The monoisotopic (exact) mass is 265 g/mol. The lowest BCUT2D eigenvalue weighted by Crippen LogP contribution is -2.33. The van der Waals surface area contributed by atoms with Crippen LogP contribution in [0.15, 0.2) is 24.3 Å². The average molecular weight is 265 g/mol. The number of rotatable bonds is 4. The molecule has 1 aromatic rings. The van der Waals surface area contributed by atoms with E-state index in [0.717, 1.165) is 25.7 Å². The number of carbonyl (C=O) groups excluding carboxylic acids is 1. The number of esters is 1. The number of hydrogen-bond acceptors (Lipinski definition) is 3. The van der Waals surface area contributed by atoms with E-state index in [2.05, 4.69) is 0 Å². The lowest BCUT2D eigenvalue weighted by Gasteiger charge is -2.28. The van der Waals surface area contributed by atoms with E-state index in [1.54, 1.807) is 18.2 Å². The standard InChI is InChI=1S/C15H20FNO2/c16-14-8-4-2-6-12(14)10-19-15(18)13-7-3-1-5-11(13)9-17/h2,4,6,8,11,13H,1,3,5,7,9-10,17H2. The predicted octanol–water partition coefficient (Wildman–Crippen LogP) is 2.63. The summed E-state index contributed by atoms with van der Waals surface area (Å²) in [4.78, 5) is 12.1. The maximum Gasteiger partial charge on any atom is 0.309 e. The number of carbonyl (C=O) groups is 1. The van der Waals surface area contributed by atoms with Crippen LogP contribution in [0.5, 0.6) is 0 Å². The number of benzene rings is 1. The summed E-state index contributed by atoms with van der Waals surface area (Å²) in [5.74, 6) is -0.486. The Hall–Kier alpha value is -1.42. The van der Waals surface area contributed by atoms with Crippen molar-refractivity contribution in [1.82, 2.24) is 0 Å². The molecular weight excluding hydrogens is 245 g/mol. The second kappa shape index (κ2) is 6.66. The first-order chi connectivity index (χ1) is 9.22. The number of nitrogens with two attached hydrogens (primary N) is 1. The van der Waals surface area contributed by atoms with E-state index in [1.165, 1.54) is 6.07 Å². The van der Waals surface area contributed by atoms with Crippen molar-refractivity contribution in [1.29, 1.82) is 0 Å². The van der Waals surface area contributed by atoms with E-state index < -0.39 is 0 Å². The van der Waals surface area contributed by atoms with Gasteiger partial charge in [-0.2, -0.15) is 0 Å². The fourth-order valence-corrected chi connectivity index (χ4v) is 2.67. The summed E-state index contributed by atoms with van der Waals surface area (Å²) in [6.07, 6.45) is 3.98. The lowest BCUT2D eigenvalue weighted by atomic mass is 9.79. The summed E-state index contributed by atoms with van der Waals surface area (Å²) in [7, 11) is 0. The Balaban J connectivity index is 1.92. The molecular formula is C15H20FNO2. The fraction of sp³-hybridized carbons (Fsp3) is 0.533. The first-order valence-electron chi connectivity index (χ1n) is 6.82. The molecule has 1 aliphatic carbocycles. The van der Waals surface area contributed by atoms with Crippen LogP contribution in [0.2, 0.25) is 0 Å². The molecule has 1 aromatic carbocycles. The van der Waals surface area contributed by atoms with Gasteiger partial charge in [0.2, 0.25) is 0 Å². The second-order valence-corrected chi connectivity index (χ2v) is 5.09. The third kappa shape index (κ3) is 3.53. The molecule has 104 valence electrons. The Bertz CT molecular complexity index is 436. The number of ether oxygens (including phenoxy) is 1. The highest BCUT2D eigenvalue weighted by molar-refractivity contribution is 5.73. The molecule has 19 heavy (non-hydrogen) atoms. The maximum atomic E-state index is 13.4. The average Bonchev–Trinajstić information content (AvgIpc) is 2.46. The van der Waals surface area contributed by atoms with Crippen LogP contribution in [0, 0.1) is 17.7 Å². The van der Waals surface area contributed by atoms with Crippen LogP contribution in [0.4, 0.5) is 4.39 Å². The Morgan fingerprint density at radius 3 is 2.79 bits per heavy atom. The Morgan fingerprint density at radius 1 is 1.32 bits per heavy atom. The van der Waals surface area contributed by atoms with Gasteiger partial charge in [-0.3, -0.25) is 4.79 Å². The minimum absolute atomic E-state index is 0.000696. The van der Waals surface area contributed by atoms with Crippen molar-refractivity contribution in [2.24, 2.45) is 17.6 Å². The van der Waals surface area contributed by atoms with Gasteiger partial charge in [0, 0.05) is 5.56 Å². The van der Waals surface area contributed by atoms with E-state index in [4.69, 9.17) is 10.5 Å². The highest BCUT2D eigenvalue weighted by atomic mass is 19.1. The molecule has 0 aromatic heterocycles. The zero-order valence-corrected chi connectivity index (χ0v) is 11.0. The Kier molecular flexibility index (Phi) is 4.91. The van der Waals surface area contributed by atoms with Crippen LogP contribution in [0.1, 0.15) is 31.2 Å². The van der Waals surface area contributed by atoms with Crippen molar-refractivity contribution >= 4 is 5.97 Å². The lowest BCUT2D eigenvalue weighted by molar-refractivity contribution is -0.153. The highest BCUT2D eigenvalue weighted by Crippen LogP contribution is 2.30. The highest BCUT2D eigenvalue weighted by Gasteiger charge is 2.31. The molecule has 1 fully saturated rings. The molecule has 2 N–H and O–H groups in total. The van der Waals surface area contributed by atoms with Gasteiger partial charge in [0.05, 0.1) is 5.92 Å². The normalized spacial score (nSPS) is 23.1. The summed E-state index contributed by atoms with van der Waals surface area (Å²) in [6, 6.07) is 6.35. The predicted molar refractivity (Wildman–Crippen MR) is 70.7 cm³/mol. The first-order valence-corrected chi connectivity index (χ1v) is 6.82. The first kappa shape index (κ1) is 14.0. The molecule has 1 saturated carbocycles. The fourth-order valence-electron chi connectivity index (χ4n) is 2.67. The molecule has 0 amide bonds. The van der Waals surface area contributed by atoms with Gasteiger partial charge in [0.1, 0.15) is 12.4 Å². The van der Waals surface area contributed by atoms with Gasteiger partial charge in [0.25, 0.3) is 0 Å². The van der Waals surface area contributed by atoms with E-state index in [1.807, 2.05) is 0 Å². The molecule has 2 atom stereocenters. The molecule has 0 heterocycles. The van der Waals surface area contributed by atoms with Crippen molar-refractivity contribution in [2.75, 3.05) is 6.54 Å². The molecule has 2 rings (SSSR count).